The largest absolute Gasteiger partial charge is 0.478 e. The van der Waals surface area contributed by atoms with Crippen molar-refractivity contribution in [1.29, 1.82) is 0 Å². The highest BCUT2D eigenvalue weighted by Gasteiger charge is 2.67. The Balaban J connectivity index is 1.23. The number of rotatable bonds is 11. The molecule has 2 aromatic heterocycles. The predicted molar refractivity (Wildman–Crippen MR) is 225 cm³/mol. The zero-order valence-corrected chi connectivity index (χ0v) is 35.9. The summed E-state index contributed by atoms with van der Waals surface area (Å²) in [5.74, 6) is -11.4. The Bertz CT molecular complexity index is 3160. The van der Waals surface area contributed by atoms with E-state index < -0.39 is 106 Å². The van der Waals surface area contributed by atoms with Crippen molar-refractivity contribution in [2.45, 2.75) is 49.7 Å². The Morgan fingerprint density at radius 3 is 2.40 bits per heavy atom. The smallest absolute Gasteiger partial charge is 0.337 e. The number of sulfonamides is 1. The van der Waals surface area contributed by atoms with Crippen LogP contribution >= 0.6 is 23.2 Å². The molecule has 3 aromatic carbocycles. The number of halogens is 8. The molecule has 2 fully saturated rings. The van der Waals surface area contributed by atoms with Crippen LogP contribution in [0, 0.1) is 23.5 Å². The third-order valence-electron chi connectivity index (χ3n) is 11.8. The molecule has 4 aliphatic rings. The van der Waals surface area contributed by atoms with Gasteiger partial charge in [0.25, 0.3) is 27.9 Å². The number of hydrogen-bond acceptors (Lipinski definition) is 8. The summed E-state index contributed by atoms with van der Waals surface area (Å²) in [6.45, 7) is -1.02. The van der Waals surface area contributed by atoms with Crippen LogP contribution in [0.2, 0.25) is 5.02 Å². The second kappa shape index (κ2) is 15.8. The second-order valence-corrected chi connectivity index (χ2v) is 18.6. The Hall–Kier alpha value is -6.03. The van der Waals surface area contributed by atoms with E-state index in [0.29, 0.717) is 21.9 Å². The maximum Gasteiger partial charge on any atom is 0.337 e. The number of carbonyl (C=O) groups is 2. The van der Waals surface area contributed by atoms with Crippen LogP contribution in [0.25, 0.3) is 27.7 Å². The fourth-order valence-corrected chi connectivity index (χ4v) is 10.1. The maximum absolute atomic E-state index is 15.6. The van der Waals surface area contributed by atoms with Crippen LogP contribution in [0.3, 0.4) is 0 Å². The quantitative estimate of drug-likeness (QED) is 0.118. The Morgan fingerprint density at radius 1 is 1.05 bits per heavy atom. The van der Waals surface area contributed by atoms with Gasteiger partial charge in [0, 0.05) is 41.7 Å². The standard InChI is InChI=1S/C42H32Cl2F6N8O6S/c1-56-35-30(8-7-26(43)33(35)38(54-56)55-65(2,63)64)58-39(52-28-13-19(4-6-23(28)40(58)60)18-3-5-22(41(61)62)27(44)12-18)29(11-17-9-20(45)14-21(46)10-17)51-31(59)16-57-36-32(34(53-57)37(47)48)24-15-25(24)42(36,49)50/h3-10,12-14,24-25,29,33,35,37H,11,15-16H2,1-2H3,(H,51,59)(H,54,55)(H,61,62)/t24-,25?,29-,33?,35?/m0/s1. The first kappa shape index (κ1) is 44.2. The summed E-state index contributed by atoms with van der Waals surface area (Å²) in [5, 5.41) is 17.3. The molecule has 3 aliphatic carbocycles. The third-order valence-corrected chi connectivity index (χ3v) is 13.0. The van der Waals surface area contributed by atoms with Gasteiger partial charge in [0.05, 0.1) is 45.7 Å². The molecule has 65 heavy (non-hydrogen) atoms. The minimum absolute atomic E-state index is 0.00837. The molecule has 5 atom stereocenters. The van der Waals surface area contributed by atoms with Gasteiger partial charge < -0.3 is 15.8 Å². The number of carbonyl (C=O) groups excluding carboxylic acids is 1. The number of likely N-dealkylation sites (N-methyl/N-ethyl adjacent to an activating group) is 1. The molecule has 3 unspecified atom stereocenters. The summed E-state index contributed by atoms with van der Waals surface area (Å²) >= 11 is 13.0. The van der Waals surface area contributed by atoms with Gasteiger partial charge in [0.15, 0.2) is 0 Å². The van der Waals surface area contributed by atoms with E-state index in [1.165, 1.54) is 54.5 Å². The zero-order chi connectivity index (χ0) is 46.6. The molecule has 9 rings (SSSR count). The van der Waals surface area contributed by atoms with Crippen molar-refractivity contribution in [1.82, 2.24) is 35.1 Å². The highest BCUT2D eigenvalue weighted by Crippen LogP contribution is 2.68. The van der Waals surface area contributed by atoms with Gasteiger partial charge in [-0.2, -0.15) is 13.9 Å². The zero-order valence-electron chi connectivity index (χ0n) is 33.5. The fourth-order valence-electron chi connectivity index (χ4n) is 9.03. The van der Waals surface area contributed by atoms with E-state index in [1.54, 1.807) is 6.07 Å². The van der Waals surface area contributed by atoms with Crippen molar-refractivity contribution in [2.75, 3.05) is 13.3 Å². The van der Waals surface area contributed by atoms with Crippen LogP contribution < -0.4 is 16.3 Å². The predicted octanol–water partition coefficient (Wildman–Crippen LogP) is 6.91. The van der Waals surface area contributed by atoms with Gasteiger partial charge in [0.2, 0.25) is 5.91 Å². The van der Waals surface area contributed by atoms with E-state index in [-0.39, 0.29) is 61.4 Å². The highest BCUT2D eigenvalue weighted by molar-refractivity contribution is 7.89. The van der Waals surface area contributed by atoms with Crippen molar-refractivity contribution in [3.05, 3.63) is 133 Å². The van der Waals surface area contributed by atoms with Gasteiger partial charge in [-0.05, 0) is 77.6 Å². The van der Waals surface area contributed by atoms with Crippen LogP contribution in [-0.4, -0.2) is 74.9 Å². The number of alkyl halides is 4. The van der Waals surface area contributed by atoms with Crippen LogP contribution in [0.1, 0.15) is 63.5 Å². The van der Waals surface area contributed by atoms with Gasteiger partial charge in [-0.25, -0.2) is 40.8 Å². The molecule has 1 saturated carbocycles. The first-order valence-corrected chi connectivity index (χ1v) is 22.2. The number of amidine groups is 1. The Kier molecular flexibility index (Phi) is 10.8. The second-order valence-electron chi connectivity index (χ2n) is 16.1. The molecule has 338 valence electrons. The minimum atomic E-state index is -4.01. The van der Waals surface area contributed by atoms with Gasteiger partial charge in [-0.15, -0.1) is 4.40 Å². The molecule has 14 nitrogen and oxygen atoms in total. The number of aromatic nitrogens is 4. The number of nitrogens with zero attached hydrogens (tertiary/aromatic N) is 6. The van der Waals surface area contributed by atoms with E-state index in [2.05, 4.69) is 20.2 Å². The Morgan fingerprint density at radius 2 is 1.74 bits per heavy atom. The third kappa shape index (κ3) is 7.86. The molecule has 23 heteroatoms. The first-order chi connectivity index (χ1) is 30.6. The number of carboxylic acids is 1. The summed E-state index contributed by atoms with van der Waals surface area (Å²) in [4.78, 5) is 45.8. The average Bonchev–Trinajstić information content (AvgIpc) is 3.75. The topological polar surface area (TPSA) is 181 Å². The molecule has 1 amide bonds. The summed E-state index contributed by atoms with van der Waals surface area (Å²) in [5.41, 5.74) is 0.735. The summed E-state index contributed by atoms with van der Waals surface area (Å²) in [6.07, 6.45) is -0.0600. The molecule has 3 heterocycles. The molecule has 3 N–H and O–H groups in total. The number of hydrogen-bond donors (Lipinski definition) is 3. The lowest BCUT2D eigenvalue weighted by Gasteiger charge is -2.31. The number of nitrogens with one attached hydrogen (secondary N) is 2. The number of fused-ring (bicyclic) bond motifs is 5. The number of hydrazine groups is 1. The molecular formula is C42H32Cl2F6N8O6S. The van der Waals surface area contributed by atoms with Gasteiger partial charge >= 0.3 is 5.97 Å². The number of benzene rings is 3. The van der Waals surface area contributed by atoms with Gasteiger partial charge in [-0.3, -0.25) is 18.8 Å². The van der Waals surface area contributed by atoms with Gasteiger partial charge in [-0.1, -0.05) is 35.3 Å². The lowest BCUT2D eigenvalue weighted by atomic mass is 9.91. The van der Waals surface area contributed by atoms with Crippen LogP contribution in [-0.2, 0) is 33.7 Å². The molecule has 0 bridgehead atoms. The normalized spacial score (nSPS) is 22.0. The molecule has 0 radical (unpaired) electrons. The first-order valence-electron chi connectivity index (χ1n) is 19.6. The van der Waals surface area contributed by atoms with E-state index >= 15 is 13.6 Å². The molecule has 1 saturated heterocycles. The summed E-state index contributed by atoms with van der Waals surface area (Å²) < 4.78 is 119. The fraction of sp³-hybridized carbons (Fsp3) is 0.286. The van der Waals surface area contributed by atoms with Crippen molar-refractivity contribution in [3.8, 4) is 11.1 Å². The number of aromatic carboxylic acids is 1. The van der Waals surface area contributed by atoms with Gasteiger partial charge in [0.1, 0.15) is 41.2 Å². The lowest BCUT2D eigenvalue weighted by Crippen LogP contribution is -2.43. The average molecular weight is 962 g/mol. The van der Waals surface area contributed by atoms with Crippen molar-refractivity contribution in [3.63, 3.8) is 0 Å². The van der Waals surface area contributed by atoms with Crippen LogP contribution in [0.4, 0.5) is 26.3 Å². The Labute approximate surface area is 373 Å². The molecule has 0 spiro atoms. The number of amides is 1. The monoisotopic (exact) mass is 960 g/mol. The van der Waals surface area contributed by atoms with Crippen LogP contribution in [0.15, 0.2) is 81.0 Å². The SMILES string of the molecule is CN1NC(=NS(C)(=O)=O)C2C(Cl)=CC=C(n3c([C@H](Cc4cc(F)cc(F)c4)NC(=O)Cn4nc(C(F)F)c5c4C(F)(F)C4C[C@H]54)nc4cc(-c5ccc(C(=O)O)c(Cl)c5)ccc4c3=O)C21. The van der Waals surface area contributed by atoms with E-state index in [0.717, 1.165) is 23.0 Å². The molecule has 1 aliphatic heterocycles. The van der Waals surface area contributed by atoms with Crippen molar-refractivity contribution >= 4 is 67.5 Å². The highest BCUT2D eigenvalue weighted by atomic mass is 35.5. The van der Waals surface area contributed by atoms with E-state index in [1.807, 2.05) is 0 Å². The van der Waals surface area contributed by atoms with Crippen molar-refractivity contribution in [2.24, 2.45) is 16.2 Å². The molecule has 5 aromatic rings. The van der Waals surface area contributed by atoms with Crippen molar-refractivity contribution < 1.29 is 49.5 Å². The van der Waals surface area contributed by atoms with E-state index in [9.17, 15) is 40.7 Å². The van der Waals surface area contributed by atoms with E-state index in [4.69, 9.17) is 28.2 Å². The molecular weight excluding hydrogens is 929 g/mol. The number of carboxylic acid groups (broad SMARTS) is 1. The summed E-state index contributed by atoms with van der Waals surface area (Å²) in [6, 6.07) is 8.52. The lowest BCUT2D eigenvalue weighted by molar-refractivity contribution is -0.123. The summed E-state index contributed by atoms with van der Waals surface area (Å²) in [7, 11) is -2.49. The number of allylic oxidation sites excluding steroid dienone is 2. The minimum Gasteiger partial charge on any atom is -0.478 e. The maximum atomic E-state index is 15.6. The van der Waals surface area contributed by atoms with Crippen LogP contribution in [0.5, 0.6) is 0 Å².